The highest BCUT2D eigenvalue weighted by atomic mass is 35.5. The molecule has 0 fully saturated rings. The molecular formula is C16H11ClFN3O6. The fourth-order valence-electron chi connectivity index (χ4n) is 1.92. The number of nitro groups is 1. The summed E-state index contributed by atoms with van der Waals surface area (Å²) in [5.41, 5.74) is -1.16. The van der Waals surface area contributed by atoms with Gasteiger partial charge < -0.3 is 10.1 Å². The van der Waals surface area contributed by atoms with Crippen molar-refractivity contribution in [3.63, 3.8) is 0 Å². The van der Waals surface area contributed by atoms with Crippen molar-refractivity contribution in [1.29, 1.82) is 0 Å². The summed E-state index contributed by atoms with van der Waals surface area (Å²) in [4.78, 5) is 45.3. The maximum absolute atomic E-state index is 13.4. The molecule has 0 spiro atoms. The van der Waals surface area contributed by atoms with E-state index >= 15 is 0 Å². The summed E-state index contributed by atoms with van der Waals surface area (Å²) in [5, 5.41) is 14.9. The molecule has 9 nitrogen and oxygen atoms in total. The van der Waals surface area contributed by atoms with E-state index in [-0.39, 0.29) is 10.7 Å². The van der Waals surface area contributed by atoms with Crippen LogP contribution in [0.3, 0.4) is 0 Å². The Balaban J connectivity index is 1.93. The van der Waals surface area contributed by atoms with Gasteiger partial charge in [-0.1, -0.05) is 23.7 Å². The van der Waals surface area contributed by atoms with Gasteiger partial charge in [-0.05, 0) is 24.3 Å². The second kappa shape index (κ2) is 8.72. The zero-order valence-electron chi connectivity index (χ0n) is 13.4. The average molecular weight is 396 g/mol. The number of amides is 3. The van der Waals surface area contributed by atoms with Crippen molar-refractivity contribution in [2.45, 2.75) is 0 Å². The Morgan fingerprint density at radius 1 is 1.19 bits per heavy atom. The van der Waals surface area contributed by atoms with Crippen LogP contribution in [0.4, 0.5) is 20.6 Å². The van der Waals surface area contributed by atoms with Crippen molar-refractivity contribution in [2.24, 2.45) is 0 Å². The summed E-state index contributed by atoms with van der Waals surface area (Å²) >= 11 is 5.69. The second-order valence-corrected chi connectivity index (χ2v) is 5.41. The van der Waals surface area contributed by atoms with Crippen LogP contribution in [0.1, 0.15) is 10.4 Å². The van der Waals surface area contributed by atoms with Crippen LogP contribution in [0.2, 0.25) is 5.02 Å². The number of nitrogens with one attached hydrogen (secondary N) is 2. The van der Waals surface area contributed by atoms with Gasteiger partial charge in [-0.3, -0.25) is 20.2 Å². The van der Waals surface area contributed by atoms with Crippen molar-refractivity contribution < 1.29 is 28.4 Å². The fourth-order valence-corrected chi connectivity index (χ4v) is 2.09. The number of para-hydroxylation sites is 1. The standard InChI is InChI=1S/C16H11ClFN3O6/c17-9-5-6-13(21(25)26)10(7-9)15(23)27-8-14(22)20-16(24)19-12-4-2-1-3-11(12)18/h1-7H,8H2,(H2,19,20,22,24). The van der Waals surface area contributed by atoms with Crippen LogP contribution in [0.25, 0.3) is 0 Å². The van der Waals surface area contributed by atoms with E-state index in [1.54, 1.807) is 0 Å². The first-order valence-electron chi connectivity index (χ1n) is 7.24. The Hall–Kier alpha value is -3.53. The number of carbonyl (C=O) groups excluding carboxylic acids is 3. The van der Waals surface area contributed by atoms with Gasteiger partial charge in [0.1, 0.15) is 11.4 Å². The highest BCUT2D eigenvalue weighted by molar-refractivity contribution is 6.31. The molecule has 0 saturated heterocycles. The number of urea groups is 1. The van der Waals surface area contributed by atoms with E-state index in [1.807, 2.05) is 5.32 Å². The summed E-state index contributed by atoms with van der Waals surface area (Å²) in [6.45, 7) is -0.896. The van der Waals surface area contributed by atoms with Crippen molar-refractivity contribution >= 4 is 40.9 Å². The van der Waals surface area contributed by atoms with Gasteiger partial charge in [0, 0.05) is 11.1 Å². The molecule has 0 aliphatic carbocycles. The van der Waals surface area contributed by atoms with Crippen LogP contribution in [-0.4, -0.2) is 29.4 Å². The molecule has 2 aromatic rings. The van der Waals surface area contributed by atoms with Crippen molar-refractivity contribution in [1.82, 2.24) is 5.32 Å². The van der Waals surface area contributed by atoms with Gasteiger partial charge >= 0.3 is 12.0 Å². The summed E-state index contributed by atoms with van der Waals surface area (Å²) in [6, 6.07) is 7.48. The smallest absolute Gasteiger partial charge is 0.345 e. The number of nitrogens with zero attached hydrogens (tertiary/aromatic N) is 1. The molecule has 0 aliphatic rings. The molecule has 0 atom stereocenters. The molecule has 0 heterocycles. The highest BCUT2D eigenvalue weighted by Gasteiger charge is 2.23. The first-order valence-corrected chi connectivity index (χ1v) is 7.62. The quantitative estimate of drug-likeness (QED) is 0.455. The third-order valence-electron chi connectivity index (χ3n) is 3.08. The summed E-state index contributed by atoms with van der Waals surface area (Å²) in [7, 11) is 0. The Morgan fingerprint density at radius 2 is 1.89 bits per heavy atom. The first-order chi connectivity index (χ1) is 12.8. The zero-order valence-corrected chi connectivity index (χ0v) is 14.2. The number of rotatable bonds is 5. The molecule has 3 amide bonds. The monoisotopic (exact) mass is 395 g/mol. The van der Waals surface area contributed by atoms with Crippen LogP contribution >= 0.6 is 11.6 Å². The molecule has 0 aromatic heterocycles. The number of anilines is 1. The molecule has 2 rings (SSSR count). The number of carbonyl (C=O) groups is 3. The van der Waals surface area contributed by atoms with Crippen LogP contribution in [-0.2, 0) is 9.53 Å². The van der Waals surface area contributed by atoms with Crippen molar-refractivity contribution in [3.05, 3.63) is 69.0 Å². The largest absolute Gasteiger partial charge is 0.452 e. The lowest BCUT2D eigenvalue weighted by atomic mass is 10.2. The number of esters is 1. The van der Waals surface area contributed by atoms with E-state index in [4.69, 9.17) is 11.6 Å². The lowest BCUT2D eigenvalue weighted by molar-refractivity contribution is -0.385. The number of ether oxygens (including phenoxy) is 1. The van der Waals surface area contributed by atoms with Crippen molar-refractivity contribution in [2.75, 3.05) is 11.9 Å². The molecule has 140 valence electrons. The summed E-state index contributed by atoms with van der Waals surface area (Å²) in [5.74, 6) is -2.91. The Morgan fingerprint density at radius 3 is 2.56 bits per heavy atom. The minimum atomic E-state index is -1.17. The minimum absolute atomic E-state index is 0.0567. The Bertz CT molecular complexity index is 921. The molecule has 11 heteroatoms. The van der Waals surface area contributed by atoms with Crippen LogP contribution in [0, 0.1) is 15.9 Å². The number of halogens is 2. The topological polar surface area (TPSA) is 128 Å². The SMILES string of the molecule is O=C(COC(=O)c1cc(Cl)ccc1[N+](=O)[O-])NC(=O)Nc1ccccc1F. The van der Waals surface area contributed by atoms with Crippen molar-refractivity contribution in [3.8, 4) is 0 Å². The van der Waals surface area contributed by atoms with Gasteiger partial charge in [-0.15, -0.1) is 0 Å². The van der Waals surface area contributed by atoms with E-state index < -0.39 is 46.5 Å². The van der Waals surface area contributed by atoms with E-state index in [2.05, 4.69) is 10.1 Å². The maximum Gasteiger partial charge on any atom is 0.345 e. The molecule has 0 unspecified atom stereocenters. The van der Waals surface area contributed by atoms with Gasteiger partial charge in [0.25, 0.3) is 11.6 Å². The molecule has 0 radical (unpaired) electrons. The van der Waals surface area contributed by atoms with Gasteiger partial charge in [-0.25, -0.2) is 14.0 Å². The number of imide groups is 1. The van der Waals surface area contributed by atoms with E-state index in [9.17, 15) is 28.9 Å². The number of hydrogen-bond acceptors (Lipinski definition) is 6. The third kappa shape index (κ3) is 5.47. The third-order valence-corrected chi connectivity index (χ3v) is 3.32. The Labute approximate surface area is 156 Å². The lowest BCUT2D eigenvalue weighted by Gasteiger charge is -2.08. The highest BCUT2D eigenvalue weighted by Crippen LogP contribution is 2.23. The van der Waals surface area contributed by atoms with E-state index in [0.717, 1.165) is 18.2 Å². The molecular weight excluding hydrogens is 385 g/mol. The average Bonchev–Trinajstić information content (AvgIpc) is 2.61. The molecule has 0 saturated carbocycles. The predicted molar refractivity (Wildman–Crippen MR) is 92.0 cm³/mol. The number of hydrogen-bond donors (Lipinski definition) is 2. The normalized spacial score (nSPS) is 10.0. The number of benzene rings is 2. The summed E-state index contributed by atoms with van der Waals surface area (Å²) in [6.07, 6.45) is 0. The molecule has 27 heavy (non-hydrogen) atoms. The van der Waals surface area contributed by atoms with Gasteiger partial charge in [0.05, 0.1) is 10.6 Å². The molecule has 2 N–H and O–H groups in total. The van der Waals surface area contributed by atoms with Crippen LogP contribution in [0.15, 0.2) is 42.5 Å². The maximum atomic E-state index is 13.4. The molecule has 2 aromatic carbocycles. The summed E-state index contributed by atoms with van der Waals surface area (Å²) < 4.78 is 18.0. The van der Waals surface area contributed by atoms with Crippen LogP contribution < -0.4 is 10.6 Å². The van der Waals surface area contributed by atoms with E-state index in [1.165, 1.54) is 24.3 Å². The number of nitro benzene ring substituents is 1. The van der Waals surface area contributed by atoms with Gasteiger partial charge in [0.15, 0.2) is 6.61 Å². The zero-order chi connectivity index (χ0) is 20.0. The van der Waals surface area contributed by atoms with Gasteiger partial charge in [-0.2, -0.15) is 0 Å². The lowest BCUT2D eigenvalue weighted by Crippen LogP contribution is -2.37. The second-order valence-electron chi connectivity index (χ2n) is 4.98. The van der Waals surface area contributed by atoms with Crippen LogP contribution in [0.5, 0.6) is 0 Å². The molecule has 0 aliphatic heterocycles. The minimum Gasteiger partial charge on any atom is -0.452 e. The van der Waals surface area contributed by atoms with Gasteiger partial charge in [0.2, 0.25) is 0 Å². The Kier molecular flexibility index (Phi) is 6.39. The molecule has 0 bridgehead atoms. The first kappa shape index (κ1) is 19.8. The fraction of sp³-hybridized carbons (Fsp3) is 0.0625. The predicted octanol–water partition coefficient (Wildman–Crippen LogP) is 2.89. The van der Waals surface area contributed by atoms with E-state index in [0.29, 0.717) is 0 Å².